The van der Waals surface area contributed by atoms with E-state index in [1.54, 1.807) is 24.3 Å². The lowest BCUT2D eigenvalue weighted by atomic mass is 9.95. The van der Waals surface area contributed by atoms with E-state index in [9.17, 15) is 4.39 Å². The summed E-state index contributed by atoms with van der Waals surface area (Å²) in [6.07, 6.45) is 0. The van der Waals surface area contributed by atoms with E-state index in [1.807, 2.05) is 6.92 Å². The second-order valence-electron chi connectivity index (χ2n) is 3.20. The van der Waals surface area contributed by atoms with Crippen LogP contribution in [-0.4, -0.2) is 17.8 Å². The molecule has 13 heavy (non-hydrogen) atoms. The molecule has 0 saturated heterocycles. The van der Waals surface area contributed by atoms with Crippen molar-refractivity contribution >= 4 is 0 Å². The second-order valence-corrected chi connectivity index (χ2v) is 3.20. The summed E-state index contributed by atoms with van der Waals surface area (Å²) in [7, 11) is 0. The number of alkyl halides is 1. The Labute approximate surface area is 77.2 Å². The maximum absolute atomic E-state index is 12.2. The summed E-state index contributed by atoms with van der Waals surface area (Å²) in [5, 5.41) is 9.03. The van der Waals surface area contributed by atoms with Crippen molar-refractivity contribution in [1.29, 1.82) is 0 Å². The van der Waals surface area contributed by atoms with Gasteiger partial charge < -0.3 is 10.8 Å². The molecule has 0 aromatic heterocycles. The highest BCUT2D eigenvalue weighted by atomic mass is 19.1. The van der Waals surface area contributed by atoms with Crippen molar-refractivity contribution in [2.75, 3.05) is 6.67 Å². The molecule has 1 aromatic rings. The van der Waals surface area contributed by atoms with Gasteiger partial charge in [-0.05, 0) is 23.6 Å². The van der Waals surface area contributed by atoms with Crippen molar-refractivity contribution in [2.45, 2.75) is 18.9 Å². The minimum Gasteiger partial charge on any atom is -0.508 e. The summed E-state index contributed by atoms with van der Waals surface area (Å²) in [4.78, 5) is 0. The first kappa shape index (κ1) is 9.99. The molecule has 0 bridgehead atoms. The van der Waals surface area contributed by atoms with Crippen molar-refractivity contribution in [3.05, 3.63) is 29.8 Å². The van der Waals surface area contributed by atoms with Crippen LogP contribution in [0.1, 0.15) is 18.4 Å². The molecule has 0 heterocycles. The van der Waals surface area contributed by atoms with Crippen molar-refractivity contribution in [1.82, 2.24) is 0 Å². The third kappa shape index (κ3) is 2.42. The average Bonchev–Trinajstić information content (AvgIpc) is 2.17. The highest BCUT2D eigenvalue weighted by Crippen LogP contribution is 2.20. The highest BCUT2D eigenvalue weighted by molar-refractivity contribution is 5.28. The van der Waals surface area contributed by atoms with Gasteiger partial charge in [-0.3, -0.25) is 0 Å². The van der Waals surface area contributed by atoms with Crippen LogP contribution in [0.15, 0.2) is 24.3 Å². The van der Waals surface area contributed by atoms with E-state index >= 15 is 0 Å². The van der Waals surface area contributed by atoms with Gasteiger partial charge in [0.2, 0.25) is 0 Å². The average molecular weight is 183 g/mol. The summed E-state index contributed by atoms with van der Waals surface area (Å²) in [6, 6.07) is 6.21. The van der Waals surface area contributed by atoms with Crippen LogP contribution in [0.3, 0.4) is 0 Å². The van der Waals surface area contributed by atoms with Crippen LogP contribution < -0.4 is 5.73 Å². The van der Waals surface area contributed by atoms with Crippen molar-refractivity contribution in [2.24, 2.45) is 5.73 Å². The molecule has 2 nitrogen and oxygen atoms in total. The quantitative estimate of drug-likeness (QED) is 0.750. The van der Waals surface area contributed by atoms with Crippen molar-refractivity contribution in [3.63, 3.8) is 0 Å². The first-order chi connectivity index (χ1) is 6.15. The zero-order valence-corrected chi connectivity index (χ0v) is 7.57. The van der Waals surface area contributed by atoms with Gasteiger partial charge in [0.1, 0.15) is 12.4 Å². The van der Waals surface area contributed by atoms with Crippen LogP contribution >= 0.6 is 0 Å². The van der Waals surface area contributed by atoms with Gasteiger partial charge in [-0.15, -0.1) is 0 Å². The summed E-state index contributed by atoms with van der Waals surface area (Å²) in [6.45, 7) is 1.35. The lowest BCUT2D eigenvalue weighted by Gasteiger charge is -2.16. The predicted molar refractivity (Wildman–Crippen MR) is 50.5 cm³/mol. The third-order valence-corrected chi connectivity index (χ3v) is 2.24. The van der Waals surface area contributed by atoms with Crippen LogP contribution in [0.5, 0.6) is 5.75 Å². The number of aromatic hydroxyl groups is 1. The minimum absolute atomic E-state index is 0.0226. The lowest BCUT2D eigenvalue weighted by Crippen LogP contribution is -2.28. The standard InChI is InChI=1S/C10H14FNO/c1-7(10(12)6-11)8-2-4-9(13)5-3-8/h2-5,7,10,13H,6,12H2,1H3/t7?,10-/m0/s1. The van der Waals surface area contributed by atoms with Gasteiger partial charge in [0.05, 0.1) is 0 Å². The number of phenols is 1. The van der Waals surface area contributed by atoms with Gasteiger partial charge >= 0.3 is 0 Å². The Balaban J connectivity index is 2.77. The molecule has 0 aliphatic rings. The van der Waals surface area contributed by atoms with Gasteiger partial charge in [0.25, 0.3) is 0 Å². The summed E-state index contributed by atoms with van der Waals surface area (Å²) in [5.74, 6) is 0.190. The van der Waals surface area contributed by atoms with Crippen molar-refractivity contribution in [3.8, 4) is 5.75 Å². The maximum atomic E-state index is 12.2. The first-order valence-electron chi connectivity index (χ1n) is 4.25. The predicted octanol–water partition coefficient (Wildman–Crippen LogP) is 1.79. The summed E-state index contributed by atoms with van der Waals surface area (Å²) >= 11 is 0. The fourth-order valence-corrected chi connectivity index (χ4v) is 1.16. The molecule has 1 aromatic carbocycles. The molecule has 1 rings (SSSR count). The molecule has 0 amide bonds. The number of benzene rings is 1. The van der Waals surface area contributed by atoms with Gasteiger partial charge in [0.15, 0.2) is 0 Å². The Kier molecular flexibility index (Phi) is 3.25. The number of hydrogen-bond acceptors (Lipinski definition) is 2. The van der Waals surface area contributed by atoms with Crippen LogP contribution in [0.4, 0.5) is 4.39 Å². The van der Waals surface area contributed by atoms with Gasteiger partial charge in [0, 0.05) is 6.04 Å². The molecule has 0 saturated carbocycles. The lowest BCUT2D eigenvalue weighted by molar-refractivity contribution is 0.396. The van der Waals surface area contributed by atoms with Gasteiger partial charge in [-0.2, -0.15) is 0 Å². The molecule has 0 aliphatic heterocycles. The van der Waals surface area contributed by atoms with Crippen LogP contribution in [0.25, 0.3) is 0 Å². The van der Waals surface area contributed by atoms with E-state index in [-0.39, 0.29) is 11.7 Å². The first-order valence-corrected chi connectivity index (χ1v) is 4.25. The van der Waals surface area contributed by atoms with Crippen molar-refractivity contribution < 1.29 is 9.50 Å². The number of halogens is 1. The zero-order chi connectivity index (χ0) is 9.84. The van der Waals surface area contributed by atoms with Crippen LogP contribution in [-0.2, 0) is 0 Å². The second kappa shape index (κ2) is 4.23. The topological polar surface area (TPSA) is 46.2 Å². The highest BCUT2D eigenvalue weighted by Gasteiger charge is 2.13. The molecule has 0 spiro atoms. The Hall–Kier alpha value is -1.09. The normalized spacial score (nSPS) is 15.3. The molecule has 0 fully saturated rings. The van der Waals surface area contributed by atoms with E-state index in [0.717, 1.165) is 5.56 Å². The number of rotatable bonds is 3. The van der Waals surface area contributed by atoms with E-state index in [4.69, 9.17) is 10.8 Å². The van der Waals surface area contributed by atoms with E-state index in [1.165, 1.54) is 0 Å². The Morgan fingerprint density at radius 2 is 1.92 bits per heavy atom. The molecule has 1 unspecified atom stereocenters. The Morgan fingerprint density at radius 3 is 2.38 bits per heavy atom. The molecule has 3 N–H and O–H groups in total. The molecule has 0 aliphatic carbocycles. The third-order valence-electron chi connectivity index (χ3n) is 2.24. The van der Waals surface area contributed by atoms with Crippen LogP contribution in [0, 0.1) is 0 Å². The minimum atomic E-state index is -0.526. The fourth-order valence-electron chi connectivity index (χ4n) is 1.16. The maximum Gasteiger partial charge on any atom is 0.115 e. The van der Waals surface area contributed by atoms with Gasteiger partial charge in [-0.25, -0.2) is 4.39 Å². The Bertz CT molecular complexity index is 260. The van der Waals surface area contributed by atoms with Crippen LogP contribution in [0.2, 0.25) is 0 Å². The molecule has 0 radical (unpaired) electrons. The van der Waals surface area contributed by atoms with E-state index in [2.05, 4.69) is 0 Å². The number of hydrogen-bond donors (Lipinski definition) is 2. The molecular formula is C10H14FNO. The monoisotopic (exact) mass is 183 g/mol. The molecular weight excluding hydrogens is 169 g/mol. The molecule has 72 valence electrons. The fraction of sp³-hybridized carbons (Fsp3) is 0.400. The van der Waals surface area contributed by atoms with Gasteiger partial charge in [-0.1, -0.05) is 19.1 Å². The smallest absolute Gasteiger partial charge is 0.115 e. The Morgan fingerprint density at radius 1 is 1.38 bits per heavy atom. The number of nitrogens with two attached hydrogens (primary N) is 1. The number of phenolic OH excluding ortho intramolecular Hbond substituents is 1. The van der Waals surface area contributed by atoms with E-state index in [0.29, 0.717) is 0 Å². The zero-order valence-electron chi connectivity index (χ0n) is 7.57. The largest absolute Gasteiger partial charge is 0.508 e. The SMILES string of the molecule is CC(c1ccc(O)cc1)[C@@H](N)CF. The molecule has 2 atom stereocenters. The summed E-state index contributed by atoms with van der Waals surface area (Å²) in [5.41, 5.74) is 6.50. The molecule has 3 heteroatoms. The summed E-state index contributed by atoms with van der Waals surface area (Å²) < 4.78 is 12.2. The van der Waals surface area contributed by atoms with E-state index < -0.39 is 12.7 Å².